The summed E-state index contributed by atoms with van der Waals surface area (Å²) < 4.78 is 0. The molecule has 4 N–H and O–H groups in total. The van der Waals surface area contributed by atoms with Gasteiger partial charge in [0, 0.05) is 23.9 Å². The van der Waals surface area contributed by atoms with E-state index in [2.05, 4.69) is 42.0 Å². The minimum absolute atomic E-state index is 0.0265. The topological polar surface area (TPSA) is 82.3 Å². The molecule has 0 spiro atoms. The molecule has 2 aromatic rings. The number of anilines is 2. The second kappa shape index (κ2) is 9.58. The quantitative estimate of drug-likeness (QED) is 0.555. The van der Waals surface area contributed by atoms with Gasteiger partial charge in [0.25, 0.3) is 5.91 Å². The fourth-order valence-corrected chi connectivity index (χ4v) is 2.89. The molecule has 0 unspecified atom stereocenters. The highest BCUT2D eigenvalue weighted by Gasteiger charge is 2.14. The number of amides is 2. The van der Waals surface area contributed by atoms with Gasteiger partial charge in [-0.1, -0.05) is 32.9 Å². The van der Waals surface area contributed by atoms with Gasteiger partial charge in [-0.3, -0.25) is 14.9 Å². The zero-order chi connectivity index (χ0) is 21.6. The third-order valence-corrected chi connectivity index (χ3v) is 4.34. The van der Waals surface area contributed by atoms with E-state index in [0.29, 0.717) is 16.9 Å². The second-order valence-electron chi connectivity index (χ2n) is 7.45. The van der Waals surface area contributed by atoms with Crippen molar-refractivity contribution in [3.05, 3.63) is 59.7 Å². The van der Waals surface area contributed by atoms with Crippen LogP contribution in [0.4, 0.5) is 11.4 Å². The van der Waals surface area contributed by atoms with E-state index < -0.39 is 0 Å². The van der Waals surface area contributed by atoms with Crippen LogP contribution >= 0.6 is 24.4 Å². The van der Waals surface area contributed by atoms with Crippen molar-refractivity contribution in [2.75, 3.05) is 10.6 Å². The van der Waals surface area contributed by atoms with E-state index in [-0.39, 0.29) is 27.5 Å². The number of thiocarbonyl (C=S) groups is 2. The van der Waals surface area contributed by atoms with Crippen LogP contribution in [0, 0.1) is 0 Å². The largest absolute Gasteiger partial charge is 0.332 e. The molecule has 2 aromatic carbocycles. The molecule has 29 heavy (non-hydrogen) atoms. The number of hydrogen-bond acceptors (Lipinski definition) is 4. The van der Waals surface area contributed by atoms with Crippen molar-refractivity contribution in [1.82, 2.24) is 10.6 Å². The second-order valence-corrected chi connectivity index (χ2v) is 8.26. The van der Waals surface area contributed by atoms with E-state index in [1.165, 1.54) is 6.92 Å². The first kappa shape index (κ1) is 22.4. The molecule has 0 aliphatic heterocycles. The third kappa shape index (κ3) is 7.24. The number of benzene rings is 2. The van der Waals surface area contributed by atoms with Crippen molar-refractivity contribution >= 4 is 57.8 Å². The summed E-state index contributed by atoms with van der Waals surface area (Å²) in [6.07, 6.45) is 0. The van der Waals surface area contributed by atoms with Crippen LogP contribution in [0.1, 0.15) is 43.6 Å². The first-order valence-electron chi connectivity index (χ1n) is 8.96. The Labute approximate surface area is 181 Å². The minimum atomic E-state index is -0.276. The minimum Gasteiger partial charge on any atom is -0.332 e. The lowest BCUT2D eigenvalue weighted by Gasteiger charge is -2.19. The normalized spacial score (nSPS) is 10.6. The van der Waals surface area contributed by atoms with Gasteiger partial charge in [-0.15, -0.1) is 0 Å². The zero-order valence-electron chi connectivity index (χ0n) is 16.8. The van der Waals surface area contributed by atoms with Gasteiger partial charge in [-0.25, -0.2) is 0 Å². The van der Waals surface area contributed by atoms with Gasteiger partial charge in [-0.2, -0.15) is 0 Å². The molecule has 0 radical (unpaired) electrons. The van der Waals surface area contributed by atoms with Crippen LogP contribution in [-0.2, 0) is 10.2 Å². The fraction of sp³-hybridized carbons (Fsp3) is 0.238. The molecule has 2 amide bonds. The van der Waals surface area contributed by atoms with Crippen LogP contribution in [0.3, 0.4) is 0 Å². The summed E-state index contributed by atoms with van der Waals surface area (Å²) in [5, 5.41) is 11.4. The molecule has 0 bridgehead atoms. The summed E-state index contributed by atoms with van der Waals surface area (Å²) in [7, 11) is 0. The SMILES string of the molecule is CC(=O)NC(=S)Nc1ccc(NC(=S)NC(=O)c2ccc(C(C)(C)C)cc2)cc1. The van der Waals surface area contributed by atoms with Gasteiger partial charge in [0.1, 0.15) is 0 Å². The maximum Gasteiger partial charge on any atom is 0.257 e. The van der Waals surface area contributed by atoms with Crippen LogP contribution in [-0.4, -0.2) is 22.0 Å². The lowest BCUT2D eigenvalue weighted by molar-refractivity contribution is -0.117. The zero-order valence-corrected chi connectivity index (χ0v) is 18.4. The van der Waals surface area contributed by atoms with E-state index >= 15 is 0 Å². The highest BCUT2D eigenvalue weighted by atomic mass is 32.1. The summed E-state index contributed by atoms with van der Waals surface area (Å²) in [6, 6.07) is 14.6. The van der Waals surface area contributed by atoms with Crippen LogP contribution in [0.15, 0.2) is 48.5 Å². The highest BCUT2D eigenvalue weighted by Crippen LogP contribution is 2.22. The van der Waals surface area contributed by atoms with Crippen molar-refractivity contribution < 1.29 is 9.59 Å². The third-order valence-electron chi connectivity index (χ3n) is 3.93. The molecule has 0 atom stereocenters. The molecule has 152 valence electrons. The Morgan fingerprint density at radius 3 is 1.62 bits per heavy atom. The highest BCUT2D eigenvalue weighted by molar-refractivity contribution is 7.80. The number of carbonyl (C=O) groups is 2. The summed E-state index contributed by atoms with van der Waals surface area (Å²) in [6.45, 7) is 7.75. The van der Waals surface area contributed by atoms with Gasteiger partial charge in [0.15, 0.2) is 10.2 Å². The van der Waals surface area contributed by atoms with Crippen molar-refractivity contribution in [2.24, 2.45) is 0 Å². The summed E-state index contributed by atoms with van der Waals surface area (Å²) in [4.78, 5) is 23.3. The molecule has 0 aliphatic carbocycles. The van der Waals surface area contributed by atoms with Crippen molar-refractivity contribution in [3.8, 4) is 0 Å². The number of nitrogens with one attached hydrogen (secondary N) is 4. The molecule has 0 saturated carbocycles. The van der Waals surface area contributed by atoms with Crippen LogP contribution < -0.4 is 21.3 Å². The molecule has 0 fully saturated rings. The van der Waals surface area contributed by atoms with Gasteiger partial charge < -0.3 is 16.0 Å². The van der Waals surface area contributed by atoms with E-state index in [0.717, 1.165) is 5.56 Å². The van der Waals surface area contributed by atoms with Crippen molar-refractivity contribution in [3.63, 3.8) is 0 Å². The molecule has 0 aromatic heterocycles. The number of hydrogen-bond donors (Lipinski definition) is 4. The van der Waals surface area contributed by atoms with Crippen molar-refractivity contribution in [1.29, 1.82) is 0 Å². The maximum absolute atomic E-state index is 12.4. The molecule has 2 rings (SSSR count). The Bertz CT molecular complexity index is 917. The molecule has 0 saturated heterocycles. The van der Waals surface area contributed by atoms with Crippen LogP contribution in [0.25, 0.3) is 0 Å². The molecular formula is C21H24N4O2S2. The van der Waals surface area contributed by atoms with E-state index in [1.807, 2.05) is 12.1 Å². The first-order chi connectivity index (χ1) is 13.5. The predicted octanol–water partition coefficient (Wildman–Crippen LogP) is 3.94. The first-order valence-corrected chi connectivity index (χ1v) is 9.78. The summed E-state index contributed by atoms with van der Waals surface area (Å²) >= 11 is 10.2. The van der Waals surface area contributed by atoms with Crippen LogP contribution in [0.5, 0.6) is 0 Å². The Balaban J connectivity index is 1.90. The lowest BCUT2D eigenvalue weighted by atomic mass is 9.87. The van der Waals surface area contributed by atoms with E-state index in [4.69, 9.17) is 24.4 Å². The van der Waals surface area contributed by atoms with E-state index in [1.54, 1.807) is 36.4 Å². The average molecular weight is 429 g/mol. The fourth-order valence-electron chi connectivity index (χ4n) is 2.42. The molecule has 0 aliphatic rings. The standard InChI is InChI=1S/C21H24N4O2S2/c1-13(26)22-19(28)23-16-9-11-17(12-10-16)24-20(29)25-18(27)14-5-7-15(8-6-14)21(2,3)4/h5-12H,1-4H3,(H2,22,23,26,28)(H2,24,25,27,29). The molecule has 8 heteroatoms. The number of carbonyl (C=O) groups excluding carboxylic acids is 2. The van der Waals surface area contributed by atoms with Gasteiger partial charge >= 0.3 is 0 Å². The molecule has 6 nitrogen and oxygen atoms in total. The molecular weight excluding hydrogens is 404 g/mol. The van der Waals surface area contributed by atoms with Gasteiger partial charge in [0.05, 0.1) is 0 Å². The molecule has 0 heterocycles. The Kier molecular flexibility index (Phi) is 7.41. The van der Waals surface area contributed by atoms with Gasteiger partial charge in [0.2, 0.25) is 5.91 Å². The summed E-state index contributed by atoms with van der Waals surface area (Å²) in [5.41, 5.74) is 3.13. The predicted molar refractivity (Wildman–Crippen MR) is 125 cm³/mol. The smallest absolute Gasteiger partial charge is 0.257 e. The van der Waals surface area contributed by atoms with Crippen molar-refractivity contribution in [2.45, 2.75) is 33.1 Å². The Hall–Kier alpha value is -2.84. The van der Waals surface area contributed by atoms with E-state index in [9.17, 15) is 9.59 Å². The average Bonchev–Trinajstić information content (AvgIpc) is 2.62. The van der Waals surface area contributed by atoms with Gasteiger partial charge in [-0.05, 0) is 71.8 Å². The Morgan fingerprint density at radius 2 is 1.21 bits per heavy atom. The summed E-state index contributed by atoms with van der Waals surface area (Å²) in [5.74, 6) is -0.517. The monoisotopic (exact) mass is 428 g/mol. The number of rotatable bonds is 3. The lowest BCUT2D eigenvalue weighted by Crippen LogP contribution is -2.34. The Morgan fingerprint density at radius 1 is 0.759 bits per heavy atom. The maximum atomic E-state index is 12.4. The van der Waals surface area contributed by atoms with Crippen LogP contribution in [0.2, 0.25) is 0 Å².